The normalized spacial score (nSPS) is 11.9. The van der Waals surface area contributed by atoms with Crippen LogP contribution in [0.1, 0.15) is 0 Å². The highest BCUT2D eigenvalue weighted by Crippen LogP contribution is 2.48. The van der Waals surface area contributed by atoms with Crippen LogP contribution in [0.4, 0.5) is 0 Å². The number of fused-ring (bicyclic) bond motifs is 9. The standard InChI is InChI=1S/C46H28/c1-2-13-30-27-43-32(26-29(30)12-1)24-25-37-35(43)22-11-23-38(37)45-39-18-7-9-20-41(39)46(42-21-10-8-19-40(42)45)44-28-31-14-3-4-15-33(31)34-16-5-6-17-36(34)44/h1-28H. The Bertz CT molecular complexity index is 2800. The SMILES string of the molecule is c1ccc2cc3c(ccc4c(-c5c6ccccc6c(-c6cc7ccccc7c7ccccc67)c6ccccc56)cccc43)cc2c1. The molecule has 0 aliphatic heterocycles. The largest absolute Gasteiger partial charge is 0.0616 e. The first kappa shape index (κ1) is 25.4. The highest BCUT2D eigenvalue weighted by molar-refractivity contribution is 6.28. The van der Waals surface area contributed by atoms with E-state index in [1.54, 1.807) is 0 Å². The zero-order chi connectivity index (χ0) is 30.2. The quantitative estimate of drug-likeness (QED) is 0.141. The van der Waals surface area contributed by atoms with Gasteiger partial charge in [0.2, 0.25) is 0 Å². The van der Waals surface area contributed by atoms with Crippen molar-refractivity contribution in [2.45, 2.75) is 0 Å². The van der Waals surface area contributed by atoms with Crippen molar-refractivity contribution in [3.63, 3.8) is 0 Å². The Morgan fingerprint density at radius 1 is 0.196 bits per heavy atom. The molecular formula is C46H28. The molecule has 0 spiro atoms. The second-order valence-electron chi connectivity index (χ2n) is 12.4. The van der Waals surface area contributed by atoms with E-state index in [0.717, 1.165) is 0 Å². The van der Waals surface area contributed by atoms with Crippen LogP contribution < -0.4 is 0 Å². The van der Waals surface area contributed by atoms with E-state index in [1.807, 2.05) is 0 Å². The van der Waals surface area contributed by atoms with Crippen LogP contribution in [-0.2, 0) is 0 Å². The van der Waals surface area contributed by atoms with Crippen LogP contribution in [-0.4, -0.2) is 0 Å². The van der Waals surface area contributed by atoms with E-state index >= 15 is 0 Å². The molecule has 10 aromatic rings. The van der Waals surface area contributed by atoms with Crippen molar-refractivity contribution in [2.75, 3.05) is 0 Å². The summed E-state index contributed by atoms with van der Waals surface area (Å²) < 4.78 is 0. The third kappa shape index (κ3) is 3.62. The lowest BCUT2D eigenvalue weighted by atomic mass is 9.82. The second kappa shape index (κ2) is 9.76. The minimum atomic E-state index is 1.27. The van der Waals surface area contributed by atoms with Gasteiger partial charge in [0.1, 0.15) is 0 Å². The summed E-state index contributed by atoms with van der Waals surface area (Å²) in [6.45, 7) is 0. The molecule has 0 heterocycles. The van der Waals surface area contributed by atoms with Crippen LogP contribution >= 0.6 is 0 Å². The molecule has 0 unspecified atom stereocenters. The average Bonchev–Trinajstić information content (AvgIpc) is 3.12. The smallest absolute Gasteiger partial charge is 0.00199 e. The van der Waals surface area contributed by atoms with Gasteiger partial charge in [0.25, 0.3) is 0 Å². The maximum absolute atomic E-state index is 2.40. The predicted molar refractivity (Wildman–Crippen MR) is 200 cm³/mol. The highest BCUT2D eigenvalue weighted by atomic mass is 14.2. The number of hydrogen-bond donors (Lipinski definition) is 0. The fourth-order valence-corrected chi connectivity index (χ4v) is 7.97. The zero-order valence-corrected chi connectivity index (χ0v) is 25.2. The molecule has 0 N–H and O–H groups in total. The monoisotopic (exact) mass is 580 g/mol. The fraction of sp³-hybridized carbons (Fsp3) is 0. The molecule has 10 rings (SSSR count). The van der Waals surface area contributed by atoms with Crippen LogP contribution in [0.25, 0.3) is 97.7 Å². The lowest BCUT2D eigenvalue weighted by Crippen LogP contribution is -1.93. The van der Waals surface area contributed by atoms with Gasteiger partial charge in [-0.3, -0.25) is 0 Å². The minimum Gasteiger partial charge on any atom is -0.0616 e. The van der Waals surface area contributed by atoms with Crippen LogP contribution in [0.3, 0.4) is 0 Å². The molecule has 0 amide bonds. The molecule has 0 atom stereocenters. The summed E-state index contributed by atoms with van der Waals surface area (Å²) in [5.41, 5.74) is 5.15. The lowest BCUT2D eigenvalue weighted by molar-refractivity contribution is 1.70. The molecule has 0 aliphatic carbocycles. The first-order valence-electron chi connectivity index (χ1n) is 16.0. The molecule has 0 nitrogen and oxygen atoms in total. The summed E-state index contributed by atoms with van der Waals surface area (Å²) in [4.78, 5) is 0. The molecular weight excluding hydrogens is 553 g/mol. The summed E-state index contributed by atoms with van der Waals surface area (Å²) in [5.74, 6) is 0. The van der Waals surface area contributed by atoms with Crippen molar-refractivity contribution >= 4 is 75.4 Å². The first-order chi connectivity index (χ1) is 22.8. The topological polar surface area (TPSA) is 0 Å². The van der Waals surface area contributed by atoms with Gasteiger partial charge in [-0.2, -0.15) is 0 Å². The van der Waals surface area contributed by atoms with Gasteiger partial charge in [0.05, 0.1) is 0 Å². The van der Waals surface area contributed by atoms with Crippen LogP contribution in [0.2, 0.25) is 0 Å². The summed E-state index contributed by atoms with van der Waals surface area (Å²) in [6.07, 6.45) is 0. The van der Waals surface area contributed by atoms with Crippen molar-refractivity contribution in [3.8, 4) is 22.3 Å². The third-order valence-electron chi connectivity index (χ3n) is 9.98. The molecule has 0 fully saturated rings. The van der Waals surface area contributed by atoms with E-state index in [0.29, 0.717) is 0 Å². The van der Waals surface area contributed by atoms with Gasteiger partial charge < -0.3 is 0 Å². The summed E-state index contributed by atoms with van der Waals surface area (Å²) in [6, 6.07) is 62.9. The van der Waals surface area contributed by atoms with Gasteiger partial charge >= 0.3 is 0 Å². The number of benzene rings is 10. The molecule has 10 aromatic carbocycles. The predicted octanol–water partition coefficient (Wildman–Crippen LogP) is 13.1. The Hall–Kier alpha value is -5.98. The first-order valence-corrected chi connectivity index (χ1v) is 16.0. The second-order valence-corrected chi connectivity index (χ2v) is 12.4. The van der Waals surface area contributed by atoms with Crippen molar-refractivity contribution in [3.05, 3.63) is 170 Å². The Labute approximate surface area is 266 Å². The van der Waals surface area contributed by atoms with Gasteiger partial charge in [0, 0.05) is 0 Å². The molecule has 0 bridgehead atoms. The summed E-state index contributed by atoms with van der Waals surface area (Å²) in [7, 11) is 0. The third-order valence-corrected chi connectivity index (χ3v) is 9.98. The van der Waals surface area contributed by atoms with E-state index in [4.69, 9.17) is 0 Å². The van der Waals surface area contributed by atoms with Crippen LogP contribution in [0.15, 0.2) is 170 Å². The van der Waals surface area contributed by atoms with Gasteiger partial charge in [-0.05, 0) is 116 Å². The van der Waals surface area contributed by atoms with E-state index in [-0.39, 0.29) is 0 Å². The molecule has 0 saturated heterocycles. The van der Waals surface area contributed by atoms with Gasteiger partial charge in [-0.15, -0.1) is 0 Å². The fourth-order valence-electron chi connectivity index (χ4n) is 7.97. The maximum atomic E-state index is 2.40. The zero-order valence-electron chi connectivity index (χ0n) is 25.2. The van der Waals surface area contributed by atoms with Crippen molar-refractivity contribution in [1.82, 2.24) is 0 Å². The highest BCUT2D eigenvalue weighted by Gasteiger charge is 2.20. The summed E-state index contributed by atoms with van der Waals surface area (Å²) in [5, 5.41) is 17.9. The molecule has 0 aromatic heterocycles. The van der Waals surface area contributed by atoms with Gasteiger partial charge in [-0.25, -0.2) is 0 Å². The molecule has 0 heteroatoms. The van der Waals surface area contributed by atoms with Gasteiger partial charge in [-0.1, -0.05) is 152 Å². The van der Waals surface area contributed by atoms with E-state index in [2.05, 4.69) is 170 Å². The van der Waals surface area contributed by atoms with Crippen LogP contribution in [0, 0.1) is 0 Å². The Morgan fingerprint density at radius 3 is 1.30 bits per heavy atom. The minimum absolute atomic E-state index is 1.27. The molecule has 0 radical (unpaired) electrons. The van der Waals surface area contributed by atoms with Crippen molar-refractivity contribution in [2.24, 2.45) is 0 Å². The Morgan fingerprint density at radius 2 is 0.630 bits per heavy atom. The van der Waals surface area contributed by atoms with Crippen LogP contribution in [0.5, 0.6) is 0 Å². The Balaban J connectivity index is 1.35. The Kier molecular flexibility index (Phi) is 5.38. The van der Waals surface area contributed by atoms with Crippen molar-refractivity contribution in [1.29, 1.82) is 0 Å². The van der Waals surface area contributed by atoms with E-state index in [1.165, 1.54) is 97.7 Å². The van der Waals surface area contributed by atoms with E-state index < -0.39 is 0 Å². The lowest BCUT2D eigenvalue weighted by Gasteiger charge is -2.20. The average molecular weight is 581 g/mol. The molecule has 0 aliphatic rings. The van der Waals surface area contributed by atoms with Crippen molar-refractivity contribution < 1.29 is 0 Å². The van der Waals surface area contributed by atoms with E-state index in [9.17, 15) is 0 Å². The number of hydrogen-bond acceptors (Lipinski definition) is 0. The number of rotatable bonds is 2. The summed E-state index contributed by atoms with van der Waals surface area (Å²) >= 11 is 0. The van der Waals surface area contributed by atoms with Gasteiger partial charge in [0.15, 0.2) is 0 Å². The maximum Gasteiger partial charge on any atom is -0.00199 e. The molecule has 212 valence electrons. The molecule has 46 heavy (non-hydrogen) atoms. The molecule has 0 saturated carbocycles.